The summed E-state index contributed by atoms with van der Waals surface area (Å²) in [7, 11) is 1.63. The zero-order valence-electron chi connectivity index (χ0n) is 16.4. The van der Waals surface area contributed by atoms with Gasteiger partial charge in [0.1, 0.15) is 16.6 Å². The number of nitrogens with zero attached hydrogens (tertiary/aromatic N) is 3. The van der Waals surface area contributed by atoms with Crippen molar-refractivity contribution in [2.75, 3.05) is 13.7 Å². The maximum atomic E-state index is 14.5. The zero-order chi connectivity index (χ0) is 21.1. The molecular formula is C22H19FN4O2S. The van der Waals surface area contributed by atoms with Crippen molar-refractivity contribution < 1.29 is 13.9 Å². The van der Waals surface area contributed by atoms with Crippen molar-refractivity contribution in [3.05, 3.63) is 72.4 Å². The highest BCUT2D eigenvalue weighted by atomic mass is 32.2. The molecule has 0 saturated carbocycles. The summed E-state index contributed by atoms with van der Waals surface area (Å²) < 4.78 is 21.5. The molecule has 0 saturated heterocycles. The fourth-order valence-corrected chi connectivity index (χ4v) is 3.83. The van der Waals surface area contributed by atoms with E-state index in [0.29, 0.717) is 17.9 Å². The molecule has 2 heterocycles. The molecule has 0 aliphatic rings. The van der Waals surface area contributed by atoms with E-state index in [2.05, 4.69) is 15.3 Å². The number of amides is 1. The highest BCUT2D eigenvalue weighted by Crippen LogP contribution is 2.30. The van der Waals surface area contributed by atoms with E-state index in [1.54, 1.807) is 32.5 Å². The molecule has 30 heavy (non-hydrogen) atoms. The number of halogens is 1. The first-order valence-corrected chi connectivity index (χ1v) is 10.1. The lowest BCUT2D eigenvalue weighted by molar-refractivity contribution is 0.0952. The van der Waals surface area contributed by atoms with Crippen molar-refractivity contribution in [2.24, 2.45) is 0 Å². The summed E-state index contributed by atoms with van der Waals surface area (Å²) in [6.45, 7) is 2.23. The maximum absolute atomic E-state index is 14.5. The Labute approximate surface area is 177 Å². The maximum Gasteiger partial charge on any atom is 0.254 e. The standard InChI is InChI=1S/C22H19FN4O2S/c1-3-24-21(28)18-9-4-14(10-19(18)23)15-11-25-22-26-12-20(27(22)13-15)30-17-7-5-16(29-2)6-8-17/h4-13H,3H2,1-2H3,(H,24,28). The summed E-state index contributed by atoms with van der Waals surface area (Å²) in [5.74, 6) is 0.341. The van der Waals surface area contributed by atoms with Gasteiger partial charge < -0.3 is 10.1 Å². The number of carbonyl (C=O) groups is 1. The van der Waals surface area contributed by atoms with Gasteiger partial charge in [0.2, 0.25) is 5.78 Å². The van der Waals surface area contributed by atoms with Crippen LogP contribution in [0.4, 0.5) is 4.39 Å². The quantitative estimate of drug-likeness (QED) is 0.497. The van der Waals surface area contributed by atoms with Crippen LogP contribution < -0.4 is 10.1 Å². The molecule has 4 rings (SSSR count). The van der Waals surface area contributed by atoms with Crippen molar-refractivity contribution in [3.63, 3.8) is 0 Å². The van der Waals surface area contributed by atoms with Gasteiger partial charge in [-0.15, -0.1) is 0 Å². The number of rotatable bonds is 6. The molecule has 0 fully saturated rings. The summed E-state index contributed by atoms with van der Waals surface area (Å²) in [6.07, 6.45) is 5.26. The van der Waals surface area contributed by atoms with E-state index in [4.69, 9.17) is 4.74 Å². The number of methoxy groups -OCH3 is 1. The minimum atomic E-state index is -0.572. The van der Waals surface area contributed by atoms with E-state index in [0.717, 1.165) is 21.2 Å². The molecule has 0 bridgehead atoms. The topological polar surface area (TPSA) is 68.5 Å². The molecule has 2 aromatic heterocycles. The van der Waals surface area contributed by atoms with Crippen LogP contribution in [-0.4, -0.2) is 33.9 Å². The number of hydrogen-bond donors (Lipinski definition) is 1. The van der Waals surface area contributed by atoms with E-state index in [-0.39, 0.29) is 5.56 Å². The molecule has 6 nitrogen and oxygen atoms in total. The van der Waals surface area contributed by atoms with Crippen molar-refractivity contribution in [3.8, 4) is 16.9 Å². The van der Waals surface area contributed by atoms with Gasteiger partial charge in [-0.05, 0) is 48.9 Å². The monoisotopic (exact) mass is 422 g/mol. The Morgan fingerprint density at radius 2 is 1.90 bits per heavy atom. The van der Waals surface area contributed by atoms with Gasteiger partial charge in [-0.25, -0.2) is 14.4 Å². The molecular weight excluding hydrogens is 403 g/mol. The fraction of sp³-hybridized carbons (Fsp3) is 0.136. The molecule has 1 N–H and O–H groups in total. The molecule has 2 aromatic carbocycles. The molecule has 0 aliphatic carbocycles. The van der Waals surface area contributed by atoms with E-state index in [9.17, 15) is 9.18 Å². The van der Waals surface area contributed by atoms with Crippen LogP contribution in [-0.2, 0) is 0 Å². The van der Waals surface area contributed by atoms with Crippen molar-refractivity contribution in [1.82, 2.24) is 19.7 Å². The van der Waals surface area contributed by atoms with Crippen LogP contribution in [0.3, 0.4) is 0 Å². The van der Waals surface area contributed by atoms with Gasteiger partial charge in [0.15, 0.2) is 0 Å². The minimum Gasteiger partial charge on any atom is -0.497 e. The number of aromatic nitrogens is 3. The summed E-state index contributed by atoms with van der Waals surface area (Å²) in [4.78, 5) is 21.7. The third-order valence-corrected chi connectivity index (χ3v) is 5.52. The van der Waals surface area contributed by atoms with E-state index in [1.165, 1.54) is 23.9 Å². The van der Waals surface area contributed by atoms with E-state index < -0.39 is 11.7 Å². The van der Waals surface area contributed by atoms with Gasteiger partial charge >= 0.3 is 0 Å². The van der Waals surface area contributed by atoms with Crippen molar-refractivity contribution in [1.29, 1.82) is 0 Å². The number of fused-ring (bicyclic) bond motifs is 1. The minimum absolute atomic E-state index is 0.0213. The molecule has 0 unspecified atom stereocenters. The van der Waals surface area contributed by atoms with Gasteiger partial charge in [0.05, 0.1) is 18.9 Å². The van der Waals surface area contributed by atoms with Crippen LogP contribution in [0.1, 0.15) is 17.3 Å². The first-order chi connectivity index (χ1) is 14.6. The van der Waals surface area contributed by atoms with Crippen molar-refractivity contribution in [2.45, 2.75) is 16.8 Å². The lowest BCUT2D eigenvalue weighted by Crippen LogP contribution is -2.23. The Hall–Kier alpha value is -3.39. The zero-order valence-corrected chi connectivity index (χ0v) is 17.2. The Morgan fingerprint density at radius 3 is 2.60 bits per heavy atom. The van der Waals surface area contributed by atoms with Crippen molar-refractivity contribution >= 4 is 23.4 Å². The number of ether oxygens (including phenoxy) is 1. The normalized spacial score (nSPS) is 10.9. The van der Waals surface area contributed by atoms with Crippen LogP contribution in [0.25, 0.3) is 16.9 Å². The third-order valence-electron chi connectivity index (χ3n) is 4.50. The number of benzene rings is 2. The number of hydrogen-bond acceptors (Lipinski definition) is 5. The average Bonchev–Trinajstić information content (AvgIpc) is 3.16. The second-order valence-electron chi connectivity index (χ2n) is 6.44. The van der Waals surface area contributed by atoms with Gasteiger partial charge in [-0.2, -0.15) is 0 Å². The SMILES string of the molecule is CCNC(=O)c1ccc(-c2cnc3ncc(Sc4ccc(OC)cc4)n3c2)cc1F. The highest BCUT2D eigenvalue weighted by Gasteiger charge is 2.13. The van der Waals surface area contributed by atoms with Crippen LogP contribution >= 0.6 is 11.8 Å². The summed E-state index contributed by atoms with van der Waals surface area (Å²) in [5.41, 5.74) is 1.37. The number of carbonyl (C=O) groups excluding carboxylic acids is 1. The largest absolute Gasteiger partial charge is 0.497 e. The molecule has 0 radical (unpaired) electrons. The fourth-order valence-electron chi connectivity index (χ4n) is 2.98. The van der Waals surface area contributed by atoms with E-state index in [1.807, 2.05) is 34.9 Å². The molecule has 4 aromatic rings. The predicted octanol–water partition coefficient (Wildman–Crippen LogP) is 4.44. The third kappa shape index (κ3) is 3.99. The van der Waals surface area contributed by atoms with Crippen LogP contribution in [0.5, 0.6) is 5.75 Å². The predicted molar refractivity (Wildman–Crippen MR) is 114 cm³/mol. The molecule has 0 atom stereocenters. The average molecular weight is 422 g/mol. The molecule has 0 aliphatic heterocycles. The summed E-state index contributed by atoms with van der Waals surface area (Å²) in [5, 5.41) is 3.48. The second kappa shape index (κ2) is 8.54. The molecule has 8 heteroatoms. The molecule has 1 amide bonds. The van der Waals surface area contributed by atoms with Gasteiger partial charge in [-0.3, -0.25) is 9.20 Å². The second-order valence-corrected chi connectivity index (χ2v) is 7.53. The summed E-state index contributed by atoms with van der Waals surface area (Å²) in [6, 6.07) is 12.3. The smallest absolute Gasteiger partial charge is 0.254 e. The first-order valence-electron chi connectivity index (χ1n) is 9.32. The van der Waals surface area contributed by atoms with Crippen LogP contribution in [0.2, 0.25) is 0 Å². The number of imidazole rings is 1. The van der Waals surface area contributed by atoms with Crippen LogP contribution in [0.15, 0.2) is 71.0 Å². The Morgan fingerprint density at radius 1 is 1.13 bits per heavy atom. The van der Waals surface area contributed by atoms with Gasteiger partial charge in [0, 0.05) is 29.4 Å². The van der Waals surface area contributed by atoms with Gasteiger partial charge in [0.25, 0.3) is 5.91 Å². The van der Waals surface area contributed by atoms with Crippen LogP contribution in [0, 0.1) is 5.82 Å². The Kier molecular flexibility index (Phi) is 5.67. The van der Waals surface area contributed by atoms with E-state index >= 15 is 0 Å². The Bertz CT molecular complexity index is 1210. The number of nitrogens with one attached hydrogen (secondary N) is 1. The molecule has 0 spiro atoms. The first kappa shape index (κ1) is 19.9. The lowest BCUT2D eigenvalue weighted by Gasteiger charge is -2.08. The summed E-state index contributed by atoms with van der Waals surface area (Å²) >= 11 is 1.54. The van der Waals surface area contributed by atoms with Gasteiger partial charge in [-0.1, -0.05) is 17.8 Å². The lowest BCUT2D eigenvalue weighted by atomic mass is 10.1. The highest BCUT2D eigenvalue weighted by molar-refractivity contribution is 7.99. The Balaban J connectivity index is 1.65. The molecule has 152 valence electrons.